The zero-order chi connectivity index (χ0) is 16.1. The van der Waals surface area contributed by atoms with Gasteiger partial charge >= 0.3 is 0 Å². The fourth-order valence-corrected chi connectivity index (χ4v) is 2.08. The van der Waals surface area contributed by atoms with Crippen LogP contribution in [0.1, 0.15) is 23.0 Å². The molecule has 0 fully saturated rings. The lowest BCUT2D eigenvalue weighted by Gasteiger charge is -2.03. The highest BCUT2D eigenvalue weighted by atomic mass is 19.1. The minimum absolute atomic E-state index is 0.0701. The van der Waals surface area contributed by atoms with Gasteiger partial charge in [-0.25, -0.2) is 4.39 Å². The number of carbonyl (C=O) groups is 1. The van der Waals surface area contributed by atoms with Crippen LogP contribution >= 0.6 is 0 Å². The van der Waals surface area contributed by atoms with Crippen molar-refractivity contribution in [1.82, 2.24) is 4.98 Å². The van der Waals surface area contributed by atoms with Crippen LogP contribution in [0.4, 0.5) is 10.1 Å². The number of halogens is 1. The molecule has 0 aliphatic heterocycles. The summed E-state index contributed by atoms with van der Waals surface area (Å²) in [6.07, 6.45) is 0. The largest absolute Gasteiger partial charge is 0.399 e. The first kappa shape index (κ1) is 15.6. The van der Waals surface area contributed by atoms with Gasteiger partial charge in [0.2, 0.25) is 0 Å². The van der Waals surface area contributed by atoms with Crippen molar-refractivity contribution in [3.05, 3.63) is 71.7 Å². The summed E-state index contributed by atoms with van der Waals surface area (Å²) in [6, 6.07) is 15.6. The number of Topliss-reactive ketones (excluding diaryl/α,β-unsaturated/α-hetero) is 1. The molecule has 0 aliphatic carbocycles. The maximum Gasteiger partial charge on any atom is 0.161 e. The van der Waals surface area contributed by atoms with Gasteiger partial charge in [0.15, 0.2) is 5.78 Å². The number of pyridine rings is 1. The maximum atomic E-state index is 12.1. The van der Waals surface area contributed by atoms with E-state index in [9.17, 15) is 9.18 Å². The topological polar surface area (TPSA) is 56.0 Å². The Labute approximate surface area is 128 Å². The maximum absolute atomic E-state index is 12.1. The third kappa shape index (κ3) is 3.88. The highest BCUT2D eigenvalue weighted by molar-refractivity contribution is 5.98. The van der Waals surface area contributed by atoms with Crippen LogP contribution in [0.15, 0.2) is 54.6 Å². The van der Waals surface area contributed by atoms with Gasteiger partial charge < -0.3 is 5.73 Å². The highest BCUT2D eigenvalue weighted by Gasteiger charge is 2.06. The number of aromatic nitrogens is 1. The second kappa shape index (κ2) is 6.80. The van der Waals surface area contributed by atoms with Crippen molar-refractivity contribution >= 4 is 22.4 Å². The lowest BCUT2D eigenvalue weighted by Crippen LogP contribution is -1.98. The number of hydrogen-bond donors (Lipinski definition) is 1. The summed E-state index contributed by atoms with van der Waals surface area (Å²) in [6.45, 7) is 3.43. The molecule has 0 saturated carbocycles. The summed E-state index contributed by atoms with van der Waals surface area (Å²) in [5, 5.41) is 1.02. The Morgan fingerprint density at radius 2 is 1.82 bits per heavy atom. The lowest BCUT2D eigenvalue weighted by molar-refractivity contribution is 0.101. The molecule has 0 spiro atoms. The Bertz CT molecular complexity index is 798. The van der Waals surface area contributed by atoms with Crippen molar-refractivity contribution in [2.75, 3.05) is 5.73 Å². The van der Waals surface area contributed by atoms with E-state index in [0.717, 1.165) is 16.6 Å². The van der Waals surface area contributed by atoms with E-state index in [4.69, 9.17) is 5.73 Å². The van der Waals surface area contributed by atoms with E-state index >= 15 is 0 Å². The van der Waals surface area contributed by atoms with Gasteiger partial charge in [0.1, 0.15) is 5.82 Å². The number of fused-ring (bicyclic) bond motifs is 1. The van der Waals surface area contributed by atoms with Crippen molar-refractivity contribution in [1.29, 1.82) is 0 Å². The Hall–Kier alpha value is -2.75. The quantitative estimate of drug-likeness (QED) is 0.542. The van der Waals surface area contributed by atoms with E-state index in [0.29, 0.717) is 11.3 Å². The number of hydrogen-bond acceptors (Lipinski definition) is 3. The number of rotatable bonds is 1. The molecule has 3 rings (SSSR count). The SMILES string of the molecule is CC(=O)c1cc2ccccc2nc1C.Nc1cccc(F)c1. The third-order valence-corrected chi connectivity index (χ3v) is 3.14. The monoisotopic (exact) mass is 296 g/mol. The number of nitrogen functional groups attached to an aromatic ring is 1. The van der Waals surface area contributed by atoms with Crippen LogP contribution < -0.4 is 5.73 Å². The van der Waals surface area contributed by atoms with Gasteiger partial charge in [0.05, 0.1) is 5.52 Å². The van der Waals surface area contributed by atoms with Crippen LogP contribution in [-0.2, 0) is 0 Å². The van der Waals surface area contributed by atoms with Crippen molar-refractivity contribution in [2.45, 2.75) is 13.8 Å². The molecule has 0 unspecified atom stereocenters. The van der Waals surface area contributed by atoms with E-state index in [2.05, 4.69) is 4.98 Å². The Morgan fingerprint density at radius 1 is 1.09 bits per heavy atom. The van der Waals surface area contributed by atoms with Crippen molar-refractivity contribution in [3.63, 3.8) is 0 Å². The number of carbonyl (C=O) groups excluding carboxylic acids is 1. The summed E-state index contributed by atoms with van der Waals surface area (Å²) in [5.41, 5.74) is 8.14. The van der Waals surface area contributed by atoms with E-state index in [-0.39, 0.29) is 11.6 Å². The predicted molar refractivity (Wildman–Crippen MR) is 87.3 cm³/mol. The highest BCUT2D eigenvalue weighted by Crippen LogP contribution is 2.16. The van der Waals surface area contributed by atoms with Crippen LogP contribution in [0.2, 0.25) is 0 Å². The summed E-state index contributed by atoms with van der Waals surface area (Å²) >= 11 is 0. The van der Waals surface area contributed by atoms with E-state index in [1.807, 2.05) is 37.3 Å². The zero-order valence-electron chi connectivity index (χ0n) is 12.5. The molecule has 3 nitrogen and oxygen atoms in total. The first-order valence-corrected chi connectivity index (χ1v) is 6.86. The Morgan fingerprint density at radius 3 is 2.41 bits per heavy atom. The average molecular weight is 296 g/mol. The number of aryl methyl sites for hydroxylation is 1. The number of para-hydroxylation sites is 1. The van der Waals surface area contributed by atoms with Crippen LogP contribution in [-0.4, -0.2) is 10.8 Å². The van der Waals surface area contributed by atoms with Gasteiger partial charge in [-0.05, 0) is 44.2 Å². The summed E-state index contributed by atoms with van der Waals surface area (Å²) < 4.78 is 12.1. The molecule has 0 aliphatic rings. The number of nitrogens with zero attached hydrogens (tertiary/aromatic N) is 1. The molecule has 1 heterocycles. The lowest BCUT2D eigenvalue weighted by atomic mass is 10.1. The fraction of sp³-hybridized carbons (Fsp3) is 0.111. The van der Waals surface area contributed by atoms with E-state index < -0.39 is 0 Å². The molecule has 0 radical (unpaired) electrons. The molecule has 112 valence electrons. The Balaban J connectivity index is 0.000000188. The molecule has 1 aromatic heterocycles. The van der Waals surface area contributed by atoms with Gasteiger partial charge in [-0.2, -0.15) is 0 Å². The van der Waals surface area contributed by atoms with Crippen LogP contribution in [0.3, 0.4) is 0 Å². The molecule has 2 N–H and O–H groups in total. The predicted octanol–water partition coefficient (Wildman–Crippen LogP) is 4.15. The van der Waals surface area contributed by atoms with Gasteiger partial charge in [-0.15, -0.1) is 0 Å². The third-order valence-electron chi connectivity index (χ3n) is 3.14. The zero-order valence-corrected chi connectivity index (χ0v) is 12.5. The first-order valence-electron chi connectivity index (χ1n) is 6.86. The summed E-state index contributed by atoms with van der Waals surface area (Å²) in [4.78, 5) is 15.6. The molecule has 2 aromatic carbocycles. The van der Waals surface area contributed by atoms with Crippen molar-refractivity contribution in [2.24, 2.45) is 0 Å². The average Bonchev–Trinajstić information content (AvgIpc) is 2.46. The molecule has 0 saturated heterocycles. The minimum atomic E-state index is -0.287. The summed E-state index contributed by atoms with van der Waals surface area (Å²) in [5.74, 6) is -0.217. The number of benzene rings is 2. The molecule has 0 bridgehead atoms. The molecule has 3 aromatic rings. The Kier molecular flexibility index (Phi) is 4.84. The van der Waals surface area contributed by atoms with Gasteiger partial charge in [-0.1, -0.05) is 24.3 Å². The van der Waals surface area contributed by atoms with E-state index in [1.54, 1.807) is 19.1 Å². The first-order chi connectivity index (χ1) is 10.5. The normalized spacial score (nSPS) is 9.95. The van der Waals surface area contributed by atoms with Crippen LogP contribution in [0.5, 0.6) is 0 Å². The second-order valence-corrected chi connectivity index (χ2v) is 4.93. The van der Waals surface area contributed by atoms with Crippen molar-refractivity contribution in [3.8, 4) is 0 Å². The number of ketones is 1. The minimum Gasteiger partial charge on any atom is -0.399 e. The van der Waals surface area contributed by atoms with Gasteiger partial charge in [-0.3, -0.25) is 9.78 Å². The molecular formula is C18H17FN2O. The molecule has 0 amide bonds. The van der Waals surface area contributed by atoms with Gasteiger partial charge in [0.25, 0.3) is 0 Å². The van der Waals surface area contributed by atoms with Crippen LogP contribution in [0, 0.1) is 12.7 Å². The number of anilines is 1. The molecule has 0 atom stereocenters. The molecule has 4 heteroatoms. The molecular weight excluding hydrogens is 279 g/mol. The van der Waals surface area contributed by atoms with Crippen LogP contribution in [0.25, 0.3) is 10.9 Å². The fourth-order valence-electron chi connectivity index (χ4n) is 2.08. The second-order valence-electron chi connectivity index (χ2n) is 4.93. The standard InChI is InChI=1S/C12H11NO.C6H6FN/c1-8-11(9(2)14)7-10-5-3-4-6-12(10)13-8;7-5-2-1-3-6(8)4-5/h3-7H,1-2H3;1-4H,8H2. The van der Waals surface area contributed by atoms with E-state index in [1.165, 1.54) is 12.1 Å². The van der Waals surface area contributed by atoms with Crippen molar-refractivity contribution < 1.29 is 9.18 Å². The smallest absolute Gasteiger partial charge is 0.161 e. The van der Waals surface area contributed by atoms with Gasteiger partial charge in [0, 0.05) is 22.3 Å². The summed E-state index contributed by atoms with van der Waals surface area (Å²) in [7, 11) is 0. The number of nitrogens with two attached hydrogens (primary N) is 1. The molecule has 22 heavy (non-hydrogen) atoms.